The van der Waals surface area contributed by atoms with Crippen molar-refractivity contribution >= 4 is 28.9 Å². The minimum Gasteiger partial charge on any atom is -0.368 e. The van der Waals surface area contributed by atoms with Gasteiger partial charge in [0.1, 0.15) is 0 Å². The molecule has 1 fully saturated rings. The summed E-state index contributed by atoms with van der Waals surface area (Å²) in [5.41, 5.74) is 1.85. The predicted octanol–water partition coefficient (Wildman–Crippen LogP) is 2.73. The third-order valence-electron chi connectivity index (χ3n) is 3.83. The Balaban J connectivity index is 1.87. The Hall–Kier alpha value is -2.14. The lowest BCUT2D eigenvalue weighted by Gasteiger charge is -2.37. The van der Waals surface area contributed by atoms with Crippen molar-refractivity contribution in [3.05, 3.63) is 54.1 Å². The maximum atomic E-state index is 12.1. The Labute approximate surface area is 143 Å². The van der Waals surface area contributed by atoms with Crippen LogP contribution in [0.1, 0.15) is 13.8 Å². The highest BCUT2D eigenvalue weighted by molar-refractivity contribution is 7.80. The highest BCUT2D eigenvalue weighted by atomic mass is 32.1. The molecule has 1 aromatic carbocycles. The van der Waals surface area contributed by atoms with Gasteiger partial charge in [-0.15, -0.1) is 0 Å². The summed E-state index contributed by atoms with van der Waals surface area (Å²) < 4.78 is 0. The molecule has 5 heteroatoms. The second kappa shape index (κ2) is 8.48. The van der Waals surface area contributed by atoms with Crippen LogP contribution in [0.2, 0.25) is 0 Å². The lowest BCUT2D eigenvalue weighted by molar-refractivity contribution is -0.116. The molecule has 0 atom stereocenters. The van der Waals surface area contributed by atoms with Crippen molar-refractivity contribution < 1.29 is 4.79 Å². The lowest BCUT2D eigenvalue weighted by Crippen LogP contribution is -2.52. The topological polar surface area (TPSA) is 35.6 Å². The largest absolute Gasteiger partial charge is 0.368 e. The van der Waals surface area contributed by atoms with E-state index >= 15 is 0 Å². The van der Waals surface area contributed by atoms with Gasteiger partial charge in [-0.05, 0) is 38.2 Å². The number of rotatable bonds is 3. The maximum absolute atomic E-state index is 12.1. The average molecular weight is 329 g/mol. The molecule has 0 unspecified atom stereocenters. The van der Waals surface area contributed by atoms with Gasteiger partial charge < -0.3 is 9.80 Å². The van der Waals surface area contributed by atoms with E-state index in [-0.39, 0.29) is 5.91 Å². The van der Waals surface area contributed by atoms with E-state index in [1.54, 1.807) is 12.2 Å². The maximum Gasteiger partial charge on any atom is 0.257 e. The number of hydrogen-bond acceptors (Lipinski definition) is 3. The van der Waals surface area contributed by atoms with Crippen molar-refractivity contribution in [2.45, 2.75) is 13.8 Å². The standard InChI is InChI=1S/C18H23N3OS/c1-3-8-15(4-2)17(22)19-18(23)21-13-11-20(12-14-21)16-9-6-5-7-10-16/h3-10H,11-14H2,1-2H3,(H,19,22,23). The summed E-state index contributed by atoms with van der Waals surface area (Å²) in [5, 5.41) is 3.33. The summed E-state index contributed by atoms with van der Waals surface area (Å²) in [6.45, 7) is 7.14. The fraction of sp³-hybridized carbons (Fsp3) is 0.333. The van der Waals surface area contributed by atoms with E-state index in [0.29, 0.717) is 10.7 Å². The van der Waals surface area contributed by atoms with Gasteiger partial charge >= 0.3 is 0 Å². The van der Waals surface area contributed by atoms with Gasteiger partial charge in [0.05, 0.1) is 0 Å². The molecule has 1 amide bonds. The third-order valence-corrected chi connectivity index (χ3v) is 4.19. The number of para-hydroxylation sites is 1. The molecule has 1 aliphatic heterocycles. The molecule has 4 nitrogen and oxygen atoms in total. The molecule has 0 aliphatic carbocycles. The predicted molar refractivity (Wildman–Crippen MR) is 99.5 cm³/mol. The van der Waals surface area contributed by atoms with Crippen molar-refractivity contribution in [2.75, 3.05) is 31.1 Å². The zero-order chi connectivity index (χ0) is 16.7. The van der Waals surface area contributed by atoms with Crippen LogP contribution in [0.15, 0.2) is 54.1 Å². The Morgan fingerprint density at radius 2 is 1.78 bits per heavy atom. The Morgan fingerprint density at radius 3 is 2.35 bits per heavy atom. The number of thiocarbonyl (C=S) groups is 1. The summed E-state index contributed by atoms with van der Waals surface area (Å²) in [6, 6.07) is 10.4. The SMILES string of the molecule is CC=CC(=CC)C(=O)NC(=S)N1CCN(c2ccccc2)CC1. The van der Waals surface area contributed by atoms with E-state index in [4.69, 9.17) is 12.2 Å². The molecule has 1 heterocycles. The minimum atomic E-state index is -0.152. The van der Waals surface area contributed by atoms with E-state index in [2.05, 4.69) is 27.2 Å². The van der Waals surface area contributed by atoms with Gasteiger partial charge in [-0.3, -0.25) is 10.1 Å². The molecule has 23 heavy (non-hydrogen) atoms. The number of hydrogen-bond donors (Lipinski definition) is 1. The van der Waals surface area contributed by atoms with E-state index in [0.717, 1.165) is 26.2 Å². The van der Waals surface area contributed by atoms with Crippen LogP contribution in [0, 0.1) is 0 Å². The third kappa shape index (κ3) is 4.66. The van der Waals surface area contributed by atoms with Crippen molar-refractivity contribution in [2.24, 2.45) is 0 Å². The molecule has 1 N–H and O–H groups in total. The highest BCUT2D eigenvalue weighted by Gasteiger charge is 2.20. The van der Waals surface area contributed by atoms with Crippen molar-refractivity contribution in [1.29, 1.82) is 0 Å². The first-order valence-electron chi connectivity index (χ1n) is 7.85. The Morgan fingerprint density at radius 1 is 1.13 bits per heavy atom. The first-order valence-corrected chi connectivity index (χ1v) is 8.25. The molecule has 1 aromatic rings. The number of nitrogens with zero attached hydrogens (tertiary/aromatic N) is 2. The van der Waals surface area contributed by atoms with Crippen LogP contribution < -0.4 is 10.2 Å². The summed E-state index contributed by atoms with van der Waals surface area (Å²) in [7, 11) is 0. The first kappa shape index (κ1) is 17.2. The number of nitrogens with one attached hydrogen (secondary N) is 1. The van der Waals surface area contributed by atoms with E-state index in [1.807, 2.05) is 38.1 Å². The second-order valence-corrected chi connectivity index (χ2v) is 5.70. The van der Waals surface area contributed by atoms with Gasteiger partial charge in [0.2, 0.25) is 0 Å². The fourth-order valence-electron chi connectivity index (χ4n) is 2.54. The van der Waals surface area contributed by atoms with Crippen LogP contribution in [0.5, 0.6) is 0 Å². The van der Waals surface area contributed by atoms with Crippen LogP contribution in [-0.4, -0.2) is 42.1 Å². The number of carbonyl (C=O) groups is 1. The molecule has 1 saturated heterocycles. The highest BCUT2D eigenvalue weighted by Crippen LogP contribution is 2.15. The number of anilines is 1. The quantitative estimate of drug-likeness (QED) is 0.525. The molecule has 2 rings (SSSR count). The lowest BCUT2D eigenvalue weighted by atomic mass is 10.2. The number of benzene rings is 1. The van der Waals surface area contributed by atoms with Crippen LogP contribution in [0.25, 0.3) is 0 Å². The van der Waals surface area contributed by atoms with Gasteiger partial charge in [-0.2, -0.15) is 0 Å². The van der Waals surface area contributed by atoms with Crippen LogP contribution in [-0.2, 0) is 4.79 Å². The monoisotopic (exact) mass is 329 g/mol. The smallest absolute Gasteiger partial charge is 0.257 e. The Kier molecular flexibility index (Phi) is 6.35. The molecule has 0 radical (unpaired) electrons. The molecule has 0 spiro atoms. The minimum absolute atomic E-state index is 0.152. The molecule has 122 valence electrons. The zero-order valence-corrected chi connectivity index (χ0v) is 14.5. The van der Waals surface area contributed by atoms with Crippen molar-refractivity contribution in [1.82, 2.24) is 10.2 Å². The number of amides is 1. The summed E-state index contributed by atoms with van der Waals surface area (Å²) in [6.07, 6.45) is 5.41. The molecule has 1 aliphatic rings. The van der Waals surface area contributed by atoms with Gasteiger partial charge in [0.15, 0.2) is 5.11 Å². The molecule has 0 aromatic heterocycles. The van der Waals surface area contributed by atoms with Gasteiger partial charge in [-0.1, -0.05) is 36.4 Å². The first-order chi connectivity index (χ1) is 11.2. The summed E-state index contributed by atoms with van der Waals surface area (Å²) in [4.78, 5) is 16.5. The Bertz CT molecular complexity index is 602. The average Bonchev–Trinajstić information content (AvgIpc) is 2.60. The van der Waals surface area contributed by atoms with E-state index in [1.165, 1.54) is 5.69 Å². The van der Waals surface area contributed by atoms with Crippen molar-refractivity contribution in [3.63, 3.8) is 0 Å². The second-order valence-electron chi connectivity index (χ2n) is 5.31. The summed E-state index contributed by atoms with van der Waals surface area (Å²) in [5.74, 6) is -0.152. The molecule has 0 bridgehead atoms. The van der Waals surface area contributed by atoms with Crippen LogP contribution >= 0.6 is 12.2 Å². The fourth-order valence-corrected chi connectivity index (χ4v) is 2.81. The molecular weight excluding hydrogens is 306 g/mol. The van der Waals surface area contributed by atoms with Crippen molar-refractivity contribution in [3.8, 4) is 0 Å². The van der Waals surface area contributed by atoms with E-state index < -0.39 is 0 Å². The number of piperazine rings is 1. The zero-order valence-electron chi connectivity index (χ0n) is 13.7. The van der Waals surface area contributed by atoms with Gasteiger partial charge in [0, 0.05) is 37.4 Å². The van der Waals surface area contributed by atoms with E-state index in [9.17, 15) is 4.79 Å². The molecule has 0 saturated carbocycles. The number of allylic oxidation sites excluding steroid dienone is 2. The summed E-state index contributed by atoms with van der Waals surface area (Å²) >= 11 is 5.38. The van der Waals surface area contributed by atoms with Gasteiger partial charge in [0.25, 0.3) is 5.91 Å². The number of carbonyl (C=O) groups excluding carboxylic acids is 1. The normalized spacial score (nSPS) is 15.8. The van der Waals surface area contributed by atoms with Gasteiger partial charge in [-0.25, -0.2) is 0 Å². The van der Waals surface area contributed by atoms with Crippen LogP contribution in [0.3, 0.4) is 0 Å². The molecular formula is C18H23N3OS. The van der Waals surface area contributed by atoms with Crippen LogP contribution in [0.4, 0.5) is 5.69 Å².